The highest BCUT2D eigenvalue weighted by Gasteiger charge is 2.09. The summed E-state index contributed by atoms with van der Waals surface area (Å²) in [6.07, 6.45) is 0. The van der Waals surface area contributed by atoms with Gasteiger partial charge < -0.3 is 14.6 Å². The molecule has 96 valence electrons. The first-order chi connectivity index (χ1) is 8.61. The number of nitrogens with one attached hydrogen (secondary N) is 1. The number of nitrogens with zero attached hydrogens (tertiary/aromatic N) is 1. The van der Waals surface area contributed by atoms with Crippen LogP contribution in [0.3, 0.4) is 0 Å². The van der Waals surface area contributed by atoms with Crippen LogP contribution in [0.2, 0.25) is 0 Å². The molecule has 0 fully saturated rings. The number of rotatable bonds is 4. The molecule has 0 saturated heterocycles. The summed E-state index contributed by atoms with van der Waals surface area (Å²) in [5.41, 5.74) is 4.19. The number of aromatic nitrogens is 1. The van der Waals surface area contributed by atoms with Gasteiger partial charge in [-0.05, 0) is 38.5 Å². The van der Waals surface area contributed by atoms with Crippen molar-refractivity contribution in [2.24, 2.45) is 0 Å². The lowest BCUT2D eigenvalue weighted by molar-refractivity contribution is 0.392. The van der Waals surface area contributed by atoms with E-state index in [0.29, 0.717) is 6.54 Å². The minimum atomic E-state index is 0.682. The van der Waals surface area contributed by atoms with Gasteiger partial charge in [0.15, 0.2) is 0 Å². The summed E-state index contributed by atoms with van der Waals surface area (Å²) in [4.78, 5) is 0. The Hall–Kier alpha value is -1.97. The zero-order chi connectivity index (χ0) is 13.1. The van der Waals surface area contributed by atoms with Gasteiger partial charge in [-0.15, -0.1) is 0 Å². The third-order valence-corrected chi connectivity index (χ3v) is 2.99. The molecular formula is C14H18N2O2. The SMILES string of the molecule is COc1ccc(C)cc1NCc1c(C)noc1C. The smallest absolute Gasteiger partial charge is 0.141 e. The first kappa shape index (κ1) is 12.5. The molecule has 0 atom stereocenters. The molecule has 4 nitrogen and oxygen atoms in total. The summed E-state index contributed by atoms with van der Waals surface area (Å²) < 4.78 is 10.5. The second kappa shape index (κ2) is 5.12. The first-order valence-corrected chi connectivity index (χ1v) is 5.92. The number of benzene rings is 1. The van der Waals surface area contributed by atoms with Gasteiger partial charge in [0.1, 0.15) is 11.5 Å². The largest absolute Gasteiger partial charge is 0.495 e. The molecule has 18 heavy (non-hydrogen) atoms. The fourth-order valence-corrected chi connectivity index (χ4v) is 1.90. The van der Waals surface area contributed by atoms with Crippen molar-refractivity contribution in [2.45, 2.75) is 27.3 Å². The van der Waals surface area contributed by atoms with Gasteiger partial charge >= 0.3 is 0 Å². The topological polar surface area (TPSA) is 47.3 Å². The van der Waals surface area contributed by atoms with E-state index in [9.17, 15) is 0 Å². The fraction of sp³-hybridized carbons (Fsp3) is 0.357. The predicted molar refractivity (Wildman–Crippen MR) is 71.0 cm³/mol. The monoisotopic (exact) mass is 246 g/mol. The van der Waals surface area contributed by atoms with Crippen molar-refractivity contribution in [1.29, 1.82) is 0 Å². The predicted octanol–water partition coefficient (Wildman–Crippen LogP) is 3.22. The van der Waals surface area contributed by atoms with E-state index in [0.717, 1.165) is 28.5 Å². The summed E-state index contributed by atoms with van der Waals surface area (Å²) in [7, 11) is 1.67. The van der Waals surface area contributed by atoms with Crippen LogP contribution >= 0.6 is 0 Å². The van der Waals surface area contributed by atoms with E-state index in [1.54, 1.807) is 7.11 Å². The maximum Gasteiger partial charge on any atom is 0.141 e. The van der Waals surface area contributed by atoms with Gasteiger partial charge in [0, 0.05) is 12.1 Å². The van der Waals surface area contributed by atoms with Crippen molar-refractivity contribution in [3.8, 4) is 5.75 Å². The third kappa shape index (κ3) is 2.47. The third-order valence-electron chi connectivity index (χ3n) is 2.99. The standard InChI is InChI=1S/C14H18N2O2/c1-9-5-6-14(17-4)13(7-9)15-8-12-10(2)16-18-11(12)3/h5-7,15H,8H2,1-4H3. The Bertz CT molecular complexity index is 527. The summed E-state index contributed by atoms with van der Waals surface area (Å²) in [6.45, 7) is 6.60. The van der Waals surface area contributed by atoms with E-state index >= 15 is 0 Å². The molecule has 1 aromatic heterocycles. The lowest BCUT2D eigenvalue weighted by Crippen LogP contribution is -2.03. The van der Waals surface area contributed by atoms with E-state index in [2.05, 4.69) is 23.5 Å². The van der Waals surface area contributed by atoms with Crippen LogP contribution in [0.5, 0.6) is 5.75 Å². The van der Waals surface area contributed by atoms with Crippen molar-refractivity contribution in [3.05, 3.63) is 40.8 Å². The molecule has 0 spiro atoms. The van der Waals surface area contributed by atoms with E-state index in [1.165, 1.54) is 5.56 Å². The van der Waals surface area contributed by atoms with Crippen LogP contribution in [0.15, 0.2) is 22.7 Å². The molecule has 4 heteroatoms. The van der Waals surface area contributed by atoms with Crippen LogP contribution in [0.1, 0.15) is 22.6 Å². The minimum Gasteiger partial charge on any atom is -0.495 e. The van der Waals surface area contributed by atoms with Gasteiger partial charge in [-0.2, -0.15) is 0 Å². The molecule has 0 saturated carbocycles. The molecule has 0 amide bonds. The highest BCUT2D eigenvalue weighted by Crippen LogP contribution is 2.26. The average molecular weight is 246 g/mol. The van der Waals surface area contributed by atoms with E-state index < -0.39 is 0 Å². The van der Waals surface area contributed by atoms with E-state index in [-0.39, 0.29) is 0 Å². The maximum absolute atomic E-state index is 5.33. The quantitative estimate of drug-likeness (QED) is 0.899. The highest BCUT2D eigenvalue weighted by atomic mass is 16.5. The van der Waals surface area contributed by atoms with Crippen molar-refractivity contribution < 1.29 is 9.26 Å². The van der Waals surface area contributed by atoms with Crippen molar-refractivity contribution in [3.63, 3.8) is 0 Å². The fourth-order valence-electron chi connectivity index (χ4n) is 1.90. The van der Waals surface area contributed by atoms with E-state index in [4.69, 9.17) is 9.26 Å². The first-order valence-electron chi connectivity index (χ1n) is 5.92. The number of ether oxygens (including phenoxy) is 1. The second-order valence-electron chi connectivity index (χ2n) is 4.36. The van der Waals surface area contributed by atoms with Crippen LogP contribution in [-0.4, -0.2) is 12.3 Å². The molecule has 0 aliphatic heterocycles. The lowest BCUT2D eigenvalue weighted by atomic mass is 10.1. The van der Waals surface area contributed by atoms with Gasteiger partial charge in [0.05, 0.1) is 18.5 Å². The highest BCUT2D eigenvalue weighted by molar-refractivity contribution is 5.58. The van der Waals surface area contributed by atoms with Gasteiger partial charge in [0.2, 0.25) is 0 Å². The molecule has 0 unspecified atom stereocenters. The number of aryl methyl sites for hydroxylation is 3. The lowest BCUT2D eigenvalue weighted by Gasteiger charge is -2.11. The molecule has 0 aliphatic rings. The molecule has 1 N–H and O–H groups in total. The molecule has 1 heterocycles. The Kier molecular flexibility index (Phi) is 3.55. The molecule has 1 aromatic carbocycles. The number of hydrogen-bond acceptors (Lipinski definition) is 4. The Morgan fingerprint density at radius 3 is 2.67 bits per heavy atom. The normalized spacial score (nSPS) is 10.4. The Balaban J connectivity index is 2.17. The minimum absolute atomic E-state index is 0.682. The van der Waals surface area contributed by atoms with Crippen LogP contribution < -0.4 is 10.1 Å². The summed E-state index contributed by atoms with van der Waals surface area (Å²) in [6, 6.07) is 6.06. The van der Waals surface area contributed by atoms with Crippen molar-refractivity contribution in [2.75, 3.05) is 12.4 Å². The van der Waals surface area contributed by atoms with Crippen molar-refractivity contribution in [1.82, 2.24) is 5.16 Å². The summed E-state index contributed by atoms with van der Waals surface area (Å²) >= 11 is 0. The Labute approximate surface area is 107 Å². The summed E-state index contributed by atoms with van der Waals surface area (Å²) in [5, 5.41) is 7.31. The van der Waals surface area contributed by atoms with Gasteiger partial charge in [-0.25, -0.2) is 0 Å². The summed E-state index contributed by atoms with van der Waals surface area (Å²) in [5.74, 6) is 1.69. The molecule has 0 radical (unpaired) electrons. The Morgan fingerprint density at radius 2 is 2.06 bits per heavy atom. The maximum atomic E-state index is 5.33. The van der Waals surface area contributed by atoms with Gasteiger partial charge in [-0.3, -0.25) is 0 Å². The van der Waals surface area contributed by atoms with Crippen LogP contribution in [0.4, 0.5) is 5.69 Å². The molecule has 2 rings (SSSR count). The Morgan fingerprint density at radius 1 is 1.28 bits per heavy atom. The van der Waals surface area contributed by atoms with Gasteiger partial charge in [0.25, 0.3) is 0 Å². The zero-order valence-electron chi connectivity index (χ0n) is 11.2. The molecule has 0 bridgehead atoms. The van der Waals surface area contributed by atoms with Crippen LogP contribution in [0, 0.1) is 20.8 Å². The van der Waals surface area contributed by atoms with Crippen LogP contribution in [0.25, 0.3) is 0 Å². The second-order valence-corrected chi connectivity index (χ2v) is 4.36. The zero-order valence-corrected chi connectivity index (χ0v) is 11.2. The molecule has 2 aromatic rings. The van der Waals surface area contributed by atoms with Crippen molar-refractivity contribution >= 4 is 5.69 Å². The molecule has 0 aliphatic carbocycles. The van der Waals surface area contributed by atoms with E-state index in [1.807, 2.05) is 26.0 Å². The number of hydrogen-bond donors (Lipinski definition) is 1. The number of anilines is 1. The molecular weight excluding hydrogens is 228 g/mol. The number of methoxy groups -OCH3 is 1. The van der Waals surface area contributed by atoms with Crippen LogP contribution in [-0.2, 0) is 6.54 Å². The van der Waals surface area contributed by atoms with Gasteiger partial charge in [-0.1, -0.05) is 11.2 Å². The average Bonchev–Trinajstić information content (AvgIpc) is 2.67.